The molecule has 4 N–H and O–H groups in total. The van der Waals surface area contributed by atoms with Crippen molar-refractivity contribution < 1.29 is 33.1 Å². The molecule has 0 radical (unpaired) electrons. The molecule has 0 fully saturated rings. The van der Waals surface area contributed by atoms with Gasteiger partial charge in [-0.25, -0.2) is 4.79 Å². The van der Waals surface area contributed by atoms with Crippen LogP contribution in [0.2, 0.25) is 18.1 Å². The number of amides is 2. The maximum absolute atomic E-state index is 13.5. The summed E-state index contributed by atoms with van der Waals surface area (Å²) in [5.74, 6) is -2.57. The molecule has 0 aromatic heterocycles. The molecule has 0 aliphatic carbocycles. The first kappa shape index (κ1) is 40.3. The minimum atomic E-state index is -2.27. The van der Waals surface area contributed by atoms with Crippen LogP contribution in [0.25, 0.3) is 0 Å². The maximum Gasteiger partial charge on any atom is 0.328 e. The van der Waals surface area contributed by atoms with Crippen LogP contribution in [0.3, 0.4) is 0 Å². The fourth-order valence-electron chi connectivity index (χ4n) is 4.27. The quantitative estimate of drug-likeness (QED) is 0.156. The van der Waals surface area contributed by atoms with Crippen molar-refractivity contribution >= 4 is 32.1 Å². The number of nitrogens with one attached hydrogen (secondary N) is 2. The van der Waals surface area contributed by atoms with E-state index in [1.54, 1.807) is 13.8 Å². The van der Waals surface area contributed by atoms with Crippen molar-refractivity contribution in [2.75, 3.05) is 0 Å². The molecule has 0 heterocycles. The predicted molar refractivity (Wildman–Crippen MR) is 179 cm³/mol. The summed E-state index contributed by atoms with van der Waals surface area (Å²) in [5, 5.41) is 5.33. The first-order valence-corrected chi connectivity index (χ1v) is 19.0. The minimum Gasteiger partial charge on any atom is -0.459 e. The average Bonchev–Trinajstić information content (AvgIpc) is 2.92. The molecule has 0 unspecified atom stereocenters. The highest BCUT2D eigenvalue weighted by molar-refractivity contribution is 6.74. The van der Waals surface area contributed by atoms with Gasteiger partial charge in [0, 0.05) is 6.04 Å². The van der Waals surface area contributed by atoms with Crippen molar-refractivity contribution in [2.24, 2.45) is 23.5 Å². The molecule has 5 atom stereocenters. The number of rotatable bonds is 17. The molecule has 0 aliphatic rings. The molecule has 0 aliphatic heterocycles. The number of ether oxygens (including phenoxy) is 2. The second-order valence-corrected chi connectivity index (χ2v) is 19.4. The number of hydrogen-bond acceptors (Lipinski definition) is 8. The SMILES string of the molecule is CC(C)C[C@H](NC(=O)[C@@H](OC(=O)C[C@H](O[Si](C)(C)C(C)(C)C)[C@H](N)C(C)C)C(C)C)C(=O)N[C@@H](C)C(=O)OCc1ccccc1. The first-order valence-electron chi connectivity index (χ1n) is 16.1. The third kappa shape index (κ3) is 13.6. The summed E-state index contributed by atoms with van der Waals surface area (Å²) in [5.41, 5.74) is 7.32. The highest BCUT2D eigenvalue weighted by Crippen LogP contribution is 2.38. The van der Waals surface area contributed by atoms with Gasteiger partial charge in [0.1, 0.15) is 18.7 Å². The number of carbonyl (C=O) groups excluding carboxylic acids is 4. The second-order valence-electron chi connectivity index (χ2n) is 14.6. The van der Waals surface area contributed by atoms with Gasteiger partial charge >= 0.3 is 11.9 Å². The van der Waals surface area contributed by atoms with Crippen molar-refractivity contribution in [3.63, 3.8) is 0 Å². The zero-order chi connectivity index (χ0) is 34.7. The van der Waals surface area contributed by atoms with Gasteiger partial charge in [0.15, 0.2) is 14.4 Å². The van der Waals surface area contributed by atoms with E-state index in [1.165, 1.54) is 6.92 Å². The molecular weight excluding hydrogens is 590 g/mol. The fraction of sp³-hybridized carbons (Fsp3) is 0.706. The van der Waals surface area contributed by atoms with E-state index < -0.39 is 62.4 Å². The number of esters is 2. The maximum atomic E-state index is 13.5. The molecule has 11 heteroatoms. The van der Waals surface area contributed by atoms with Gasteiger partial charge in [-0.3, -0.25) is 14.4 Å². The van der Waals surface area contributed by atoms with Gasteiger partial charge in [-0.05, 0) is 54.8 Å². The van der Waals surface area contributed by atoms with Gasteiger partial charge in [-0.1, -0.05) is 92.6 Å². The van der Waals surface area contributed by atoms with Crippen molar-refractivity contribution in [1.82, 2.24) is 10.6 Å². The van der Waals surface area contributed by atoms with E-state index in [-0.39, 0.29) is 35.8 Å². The van der Waals surface area contributed by atoms with Gasteiger partial charge in [0.25, 0.3) is 5.91 Å². The third-order valence-electron chi connectivity index (χ3n) is 8.22. The van der Waals surface area contributed by atoms with Gasteiger partial charge in [-0.2, -0.15) is 0 Å². The predicted octanol–water partition coefficient (Wildman–Crippen LogP) is 5.10. The van der Waals surface area contributed by atoms with Crippen LogP contribution in [0.15, 0.2) is 30.3 Å². The van der Waals surface area contributed by atoms with Crippen LogP contribution >= 0.6 is 0 Å². The highest BCUT2D eigenvalue weighted by atomic mass is 28.4. The number of nitrogens with two attached hydrogens (primary N) is 1. The topological polar surface area (TPSA) is 146 Å². The largest absolute Gasteiger partial charge is 0.459 e. The molecular formula is C34H59N3O7Si. The van der Waals surface area contributed by atoms with E-state index in [1.807, 2.05) is 58.0 Å². The molecule has 0 bridgehead atoms. The molecule has 1 aromatic rings. The Morgan fingerprint density at radius 2 is 1.44 bits per heavy atom. The van der Waals surface area contributed by atoms with Crippen LogP contribution in [0, 0.1) is 17.8 Å². The Hall–Kier alpha value is -2.76. The average molecular weight is 650 g/mol. The van der Waals surface area contributed by atoms with E-state index in [0.717, 1.165) is 5.56 Å². The summed E-state index contributed by atoms with van der Waals surface area (Å²) in [6.45, 7) is 23.5. The monoisotopic (exact) mass is 649 g/mol. The Balaban J connectivity index is 2.98. The Bertz CT molecular complexity index is 1100. The second kappa shape index (κ2) is 17.8. The van der Waals surface area contributed by atoms with Crippen LogP contribution in [0.5, 0.6) is 0 Å². The lowest BCUT2D eigenvalue weighted by molar-refractivity contribution is -0.161. The number of carbonyl (C=O) groups is 4. The van der Waals surface area contributed by atoms with Crippen molar-refractivity contribution in [2.45, 2.75) is 137 Å². The minimum absolute atomic E-state index is 0.0483. The van der Waals surface area contributed by atoms with Gasteiger partial charge in [-0.15, -0.1) is 0 Å². The lowest BCUT2D eigenvalue weighted by atomic mass is 9.97. The lowest BCUT2D eigenvalue weighted by Gasteiger charge is -2.41. The molecule has 0 saturated heterocycles. The molecule has 0 saturated carbocycles. The van der Waals surface area contributed by atoms with Crippen molar-refractivity contribution in [3.8, 4) is 0 Å². The standard InChI is InChI=1S/C34H59N3O7Si/c1-21(2)18-26(31(39)36-24(7)33(41)42-20-25-16-14-13-15-17-25)37-32(40)30(23(5)6)43-28(38)19-27(29(35)22(3)4)44-45(11,12)34(8,9)10/h13-17,21-24,26-27,29-30H,18-20,35H2,1-12H3,(H,36,39)(H,37,40)/t24-,26-,27-,29+,30-/m0/s1. The smallest absolute Gasteiger partial charge is 0.328 e. The summed E-state index contributed by atoms with van der Waals surface area (Å²) in [6, 6.07) is 6.94. The summed E-state index contributed by atoms with van der Waals surface area (Å²) < 4.78 is 17.6. The molecule has 1 aromatic carbocycles. The van der Waals surface area contributed by atoms with Crippen LogP contribution < -0.4 is 16.4 Å². The normalized spacial score (nSPS) is 15.6. The van der Waals surface area contributed by atoms with Crippen LogP contribution in [-0.4, -0.2) is 62.4 Å². The Morgan fingerprint density at radius 1 is 0.867 bits per heavy atom. The molecule has 256 valence electrons. The first-order chi connectivity index (χ1) is 20.7. The lowest BCUT2D eigenvalue weighted by Crippen LogP contribution is -2.54. The van der Waals surface area contributed by atoms with E-state index >= 15 is 0 Å². The van der Waals surface area contributed by atoms with Crippen molar-refractivity contribution in [3.05, 3.63) is 35.9 Å². The highest BCUT2D eigenvalue weighted by Gasteiger charge is 2.42. The number of hydrogen-bond donors (Lipinski definition) is 3. The molecule has 2 amide bonds. The van der Waals surface area contributed by atoms with Crippen molar-refractivity contribution in [1.29, 1.82) is 0 Å². The summed E-state index contributed by atoms with van der Waals surface area (Å²) in [7, 11) is -2.27. The summed E-state index contributed by atoms with van der Waals surface area (Å²) >= 11 is 0. The Labute approximate surface area is 272 Å². The zero-order valence-electron chi connectivity index (χ0n) is 29.6. The van der Waals surface area contributed by atoms with E-state index in [2.05, 4.69) is 44.5 Å². The molecule has 0 spiro atoms. The summed E-state index contributed by atoms with van der Waals surface area (Å²) in [6.07, 6.45) is -1.50. The molecule has 1 rings (SSSR count). The number of benzene rings is 1. The molecule has 45 heavy (non-hydrogen) atoms. The van der Waals surface area contributed by atoms with Crippen LogP contribution in [0.1, 0.15) is 87.6 Å². The zero-order valence-corrected chi connectivity index (χ0v) is 30.6. The summed E-state index contributed by atoms with van der Waals surface area (Å²) in [4.78, 5) is 52.5. The third-order valence-corrected chi connectivity index (χ3v) is 12.7. The van der Waals surface area contributed by atoms with Crippen LogP contribution in [-0.2, 0) is 39.7 Å². The molecule has 10 nitrogen and oxygen atoms in total. The Kier molecular flexibility index (Phi) is 15.9. The van der Waals surface area contributed by atoms with Gasteiger partial charge in [0.05, 0.1) is 12.5 Å². The van der Waals surface area contributed by atoms with E-state index in [9.17, 15) is 19.2 Å². The Morgan fingerprint density at radius 3 is 1.93 bits per heavy atom. The van der Waals surface area contributed by atoms with E-state index in [0.29, 0.717) is 6.42 Å². The fourth-order valence-corrected chi connectivity index (χ4v) is 5.62. The van der Waals surface area contributed by atoms with E-state index in [4.69, 9.17) is 19.6 Å². The van der Waals surface area contributed by atoms with Gasteiger partial charge in [0.2, 0.25) is 5.91 Å². The van der Waals surface area contributed by atoms with Crippen LogP contribution in [0.4, 0.5) is 0 Å². The van der Waals surface area contributed by atoms with Gasteiger partial charge < -0.3 is 30.3 Å².